The molecule has 27 heavy (non-hydrogen) atoms. The summed E-state index contributed by atoms with van der Waals surface area (Å²) in [4.78, 5) is 15.5. The molecule has 1 aliphatic carbocycles. The number of nitrogens with one attached hydrogen (secondary N) is 1. The van der Waals surface area contributed by atoms with E-state index in [1.807, 2.05) is 12.1 Å². The van der Waals surface area contributed by atoms with Crippen LogP contribution in [0.2, 0.25) is 0 Å². The van der Waals surface area contributed by atoms with Gasteiger partial charge in [0, 0.05) is 18.5 Å². The van der Waals surface area contributed by atoms with Crippen LogP contribution in [0.4, 0.5) is 0 Å². The van der Waals surface area contributed by atoms with Crippen molar-refractivity contribution < 1.29 is 14.3 Å². The normalized spacial score (nSPS) is 24.9. The van der Waals surface area contributed by atoms with E-state index >= 15 is 0 Å². The fraction of sp³-hybridized carbons (Fsp3) is 0.667. The number of hydrogen-bond acceptors (Lipinski definition) is 4. The Hall–Kier alpha value is -1.46. The molecule has 150 valence electrons. The van der Waals surface area contributed by atoms with Crippen LogP contribution in [0.25, 0.3) is 0 Å². The van der Waals surface area contributed by atoms with E-state index in [4.69, 9.17) is 9.47 Å². The van der Waals surface area contributed by atoms with Crippen LogP contribution in [-0.2, 0) is 11.3 Å². The number of halogens is 1. The van der Waals surface area contributed by atoms with Crippen LogP contribution in [0.5, 0.6) is 11.5 Å². The predicted octanol–water partition coefficient (Wildman–Crippen LogP) is 3.74. The highest BCUT2D eigenvalue weighted by molar-refractivity contribution is 5.85. The van der Waals surface area contributed by atoms with E-state index in [0.29, 0.717) is 18.5 Å². The van der Waals surface area contributed by atoms with Gasteiger partial charge in [-0.15, -0.1) is 12.4 Å². The Morgan fingerprint density at radius 3 is 2.52 bits per heavy atom. The van der Waals surface area contributed by atoms with Gasteiger partial charge in [0.2, 0.25) is 12.7 Å². The highest BCUT2D eigenvalue weighted by Crippen LogP contribution is 2.34. The maximum Gasteiger partial charge on any atom is 0.231 e. The van der Waals surface area contributed by atoms with Crippen molar-refractivity contribution in [2.45, 2.75) is 58.0 Å². The lowest BCUT2D eigenvalue weighted by Crippen LogP contribution is -2.46. The van der Waals surface area contributed by atoms with Gasteiger partial charge >= 0.3 is 0 Å². The molecule has 1 aromatic carbocycles. The van der Waals surface area contributed by atoms with Crippen LogP contribution in [0, 0.1) is 11.8 Å². The molecular formula is C21H31ClN2O3. The number of nitrogens with zero attached hydrogens (tertiary/aromatic N) is 1. The first-order chi connectivity index (χ1) is 12.7. The molecule has 4 rings (SSSR count). The summed E-state index contributed by atoms with van der Waals surface area (Å²) in [6.45, 7) is 5.20. The minimum absolute atomic E-state index is 0. The fourth-order valence-electron chi connectivity index (χ4n) is 4.48. The summed E-state index contributed by atoms with van der Waals surface area (Å²) in [5.41, 5.74) is 1.13. The number of carbonyl (C=O) groups excluding carboxylic acids is 1. The second-order valence-electron chi connectivity index (χ2n) is 8.09. The minimum atomic E-state index is 0. The van der Waals surface area contributed by atoms with Gasteiger partial charge in [0.15, 0.2) is 11.5 Å². The number of piperidine rings is 1. The van der Waals surface area contributed by atoms with E-state index in [2.05, 4.69) is 23.2 Å². The lowest BCUT2D eigenvalue weighted by Gasteiger charge is -2.39. The molecule has 2 fully saturated rings. The quantitative estimate of drug-likeness (QED) is 0.845. The number of rotatable bonds is 4. The van der Waals surface area contributed by atoms with E-state index in [-0.39, 0.29) is 25.1 Å². The van der Waals surface area contributed by atoms with Gasteiger partial charge in [-0.3, -0.25) is 4.79 Å². The third-order valence-electron chi connectivity index (χ3n) is 6.19. The molecular weight excluding hydrogens is 364 g/mol. The second-order valence-corrected chi connectivity index (χ2v) is 8.09. The summed E-state index contributed by atoms with van der Waals surface area (Å²) in [7, 11) is 0. The molecule has 2 heterocycles. The number of benzene rings is 1. The van der Waals surface area contributed by atoms with E-state index in [1.54, 1.807) is 0 Å². The molecule has 1 N–H and O–H groups in total. The van der Waals surface area contributed by atoms with Crippen molar-refractivity contribution in [2.75, 3.05) is 19.9 Å². The van der Waals surface area contributed by atoms with Gasteiger partial charge in [-0.2, -0.15) is 0 Å². The monoisotopic (exact) mass is 394 g/mol. The van der Waals surface area contributed by atoms with Crippen molar-refractivity contribution in [3.63, 3.8) is 0 Å². The lowest BCUT2D eigenvalue weighted by atomic mass is 9.85. The summed E-state index contributed by atoms with van der Waals surface area (Å²) in [6, 6.07) is 6.45. The molecule has 0 radical (unpaired) electrons. The highest BCUT2D eigenvalue weighted by Gasteiger charge is 2.32. The van der Waals surface area contributed by atoms with Crippen molar-refractivity contribution in [1.29, 1.82) is 0 Å². The Labute approximate surface area is 168 Å². The van der Waals surface area contributed by atoms with Crippen molar-refractivity contribution in [1.82, 2.24) is 10.2 Å². The molecule has 5 nitrogen and oxygen atoms in total. The zero-order chi connectivity index (χ0) is 17.9. The van der Waals surface area contributed by atoms with E-state index in [1.165, 1.54) is 12.8 Å². The van der Waals surface area contributed by atoms with Gasteiger partial charge in [0.25, 0.3) is 0 Å². The average molecular weight is 395 g/mol. The van der Waals surface area contributed by atoms with Crippen molar-refractivity contribution in [3.8, 4) is 11.5 Å². The van der Waals surface area contributed by atoms with Crippen LogP contribution in [0.3, 0.4) is 0 Å². The van der Waals surface area contributed by atoms with E-state index in [9.17, 15) is 4.79 Å². The third kappa shape index (κ3) is 4.69. The van der Waals surface area contributed by atoms with E-state index < -0.39 is 0 Å². The van der Waals surface area contributed by atoms with Crippen LogP contribution < -0.4 is 14.8 Å². The second kappa shape index (κ2) is 9.16. The zero-order valence-corrected chi connectivity index (χ0v) is 16.9. The number of hydrogen-bond donors (Lipinski definition) is 1. The standard InChI is InChI=1S/C21H30N2O3.ClH/c1-15-2-5-18(6-3-15)23(21(24)17-8-10-22-11-9-17)13-16-4-7-19-20(12-16)26-14-25-19;/h4,7,12,15,17-18,22H,2-3,5-6,8-11,13-14H2,1H3;1H. The molecule has 2 aliphatic heterocycles. The van der Waals surface area contributed by atoms with Gasteiger partial charge in [0.1, 0.15) is 0 Å². The first-order valence-corrected chi connectivity index (χ1v) is 10.1. The van der Waals surface area contributed by atoms with E-state index in [0.717, 1.165) is 61.8 Å². The molecule has 1 saturated carbocycles. The van der Waals surface area contributed by atoms with Gasteiger partial charge < -0.3 is 19.7 Å². The Bertz CT molecular complexity index is 640. The van der Waals surface area contributed by atoms with Crippen molar-refractivity contribution in [2.24, 2.45) is 11.8 Å². The summed E-state index contributed by atoms with van der Waals surface area (Å²) in [5.74, 6) is 2.91. The van der Waals surface area contributed by atoms with Crippen molar-refractivity contribution >= 4 is 18.3 Å². The Balaban J connectivity index is 0.00000210. The molecule has 0 atom stereocenters. The lowest BCUT2D eigenvalue weighted by molar-refractivity contribution is -0.140. The molecule has 6 heteroatoms. The largest absolute Gasteiger partial charge is 0.454 e. The number of ether oxygens (including phenoxy) is 2. The van der Waals surface area contributed by atoms with Crippen molar-refractivity contribution in [3.05, 3.63) is 23.8 Å². The molecule has 0 unspecified atom stereocenters. The molecule has 0 bridgehead atoms. The Morgan fingerprint density at radius 2 is 1.78 bits per heavy atom. The molecule has 0 aromatic heterocycles. The highest BCUT2D eigenvalue weighted by atomic mass is 35.5. The topological polar surface area (TPSA) is 50.8 Å². The fourth-order valence-corrected chi connectivity index (χ4v) is 4.48. The van der Waals surface area contributed by atoms with Crippen LogP contribution >= 0.6 is 12.4 Å². The summed E-state index contributed by atoms with van der Waals surface area (Å²) in [5, 5.41) is 3.37. The number of amides is 1. The first-order valence-electron chi connectivity index (χ1n) is 10.1. The zero-order valence-electron chi connectivity index (χ0n) is 16.1. The van der Waals surface area contributed by atoms with Crippen LogP contribution in [-0.4, -0.2) is 36.7 Å². The minimum Gasteiger partial charge on any atom is -0.454 e. The SMILES string of the molecule is CC1CCC(N(Cc2ccc3c(c2)OCO3)C(=O)C2CCNCC2)CC1.Cl. The number of fused-ring (bicyclic) bond motifs is 1. The molecule has 1 saturated heterocycles. The van der Waals surface area contributed by atoms with Gasteiger partial charge in [-0.25, -0.2) is 0 Å². The predicted molar refractivity (Wildman–Crippen MR) is 107 cm³/mol. The number of carbonyl (C=O) groups is 1. The van der Waals surface area contributed by atoms with Gasteiger partial charge in [-0.05, 0) is 75.2 Å². The maximum absolute atomic E-state index is 13.4. The maximum atomic E-state index is 13.4. The molecule has 1 aromatic rings. The average Bonchev–Trinajstić information content (AvgIpc) is 3.15. The molecule has 3 aliphatic rings. The van der Waals surface area contributed by atoms with Crippen LogP contribution in [0.1, 0.15) is 51.0 Å². The summed E-state index contributed by atoms with van der Waals surface area (Å²) >= 11 is 0. The summed E-state index contributed by atoms with van der Waals surface area (Å²) < 4.78 is 10.9. The molecule has 1 amide bonds. The third-order valence-corrected chi connectivity index (χ3v) is 6.19. The Morgan fingerprint density at radius 1 is 1.07 bits per heavy atom. The Kier molecular flexibility index (Phi) is 6.88. The van der Waals surface area contributed by atoms with Gasteiger partial charge in [0.05, 0.1) is 0 Å². The molecule has 0 spiro atoms. The summed E-state index contributed by atoms with van der Waals surface area (Å²) in [6.07, 6.45) is 6.62. The van der Waals surface area contributed by atoms with Crippen LogP contribution in [0.15, 0.2) is 18.2 Å². The van der Waals surface area contributed by atoms with Gasteiger partial charge in [-0.1, -0.05) is 13.0 Å². The smallest absolute Gasteiger partial charge is 0.231 e. The first kappa shape index (κ1) is 20.3.